The summed E-state index contributed by atoms with van der Waals surface area (Å²) < 4.78 is 2.24. The number of nitrogens with zero attached hydrogens (tertiary/aromatic N) is 2. The number of nitrogens with one attached hydrogen (secondary N) is 1. The van der Waals surface area contributed by atoms with Crippen molar-refractivity contribution in [3.05, 3.63) is 21.0 Å². The van der Waals surface area contributed by atoms with Crippen molar-refractivity contribution >= 4 is 21.6 Å². The molecule has 0 saturated heterocycles. The van der Waals surface area contributed by atoms with Crippen molar-refractivity contribution in [3.8, 4) is 0 Å². The lowest BCUT2D eigenvalue weighted by Gasteiger charge is -2.27. The van der Waals surface area contributed by atoms with Crippen LogP contribution in [-0.4, -0.2) is 21.9 Å². The zero-order valence-corrected chi connectivity index (χ0v) is 13.0. The molecule has 0 radical (unpaired) electrons. The topological polar surface area (TPSA) is 72.9 Å². The lowest BCUT2D eigenvalue weighted by Crippen LogP contribution is -2.42. The van der Waals surface area contributed by atoms with E-state index >= 15 is 0 Å². The van der Waals surface area contributed by atoms with Crippen LogP contribution in [0.5, 0.6) is 0 Å². The Bertz CT molecular complexity index is 508. The van der Waals surface area contributed by atoms with Gasteiger partial charge in [-0.25, -0.2) is 4.68 Å². The molecule has 0 spiro atoms. The summed E-state index contributed by atoms with van der Waals surface area (Å²) in [6.45, 7) is 5.10. The molecule has 19 heavy (non-hydrogen) atoms. The van der Waals surface area contributed by atoms with E-state index in [2.05, 4.69) is 26.3 Å². The fourth-order valence-electron chi connectivity index (χ4n) is 2.02. The highest BCUT2D eigenvalue weighted by atomic mass is 79.9. The Morgan fingerprint density at radius 1 is 1.58 bits per heavy atom. The van der Waals surface area contributed by atoms with Crippen LogP contribution in [0.4, 0.5) is 5.69 Å². The minimum absolute atomic E-state index is 0.0807. The fourth-order valence-corrected chi connectivity index (χ4v) is 2.38. The van der Waals surface area contributed by atoms with Gasteiger partial charge in [-0.15, -0.1) is 0 Å². The van der Waals surface area contributed by atoms with Crippen molar-refractivity contribution in [3.63, 3.8) is 0 Å². The normalized spacial score (nSPS) is 16.2. The summed E-state index contributed by atoms with van der Waals surface area (Å²) in [7, 11) is 0. The zero-order chi connectivity index (χ0) is 14.0. The van der Waals surface area contributed by atoms with E-state index in [9.17, 15) is 4.79 Å². The monoisotopic (exact) mass is 328 g/mol. The number of hydrogen-bond acceptors (Lipinski definition) is 4. The van der Waals surface area contributed by atoms with Crippen LogP contribution in [0, 0.1) is 5.92 Å². The number of rotatable bonds is 5. The first-order valence-electron chi connectivity index (χ1n) is 6.67. The molecule has 0 aliphatic heterocycles. The maximum Gasteiger partial charge on any atom is 0.291 e. The van der Waals surface area contributed by atoms with Crippen molar-refractivity contribution in [2.75, 3.05) is 11.9 Å². The highest BCUT2D eigenvalue weighted by Gasteiger charge is 2.22. The van der Waals surface area contributed by atoms with E-state index in [-0.39, 0.29) is 11.1 Å². The van der Waals surface area contributed by atoms with E-state index in [0.717, 1.165) is 0 Å². The third-order valence-corrected chi connectivity index (χ3v) is 4.23. The largest absolute Gasteiger partial charge is 0.373 e. The molecule has 1 aromatic rings. The number of nitrogens with two attached hydrogens (primary N) is 1. The summed E-state index contributed by atoms with van der Waals surface area (Å²) in [6, 6.07) is 0. The van der Waals surface area contributed by atoms with Gasteiger partial charge in [-0.1, -0.05) is 6.42 Å². The molecule has 1 aliphatic rings. The van der Waals surface area contributed by atoms with E-state index in [1.807, 2.05) is 13.8 Å². The van der Waals surface area contributed by atoms with E-state index in [4.69, 9.17) is 5.73 Å². The van der Waals surface area contributed by atoms with Gasteiger partial charge in [0.05, 0.1) is 10.7 Å². The third-order valence-electron chi connectivity index (χ3n) is 3.63. The maximum atomic E-state index is 12.4. The molecular weight excluding hydrogens is 308 g/mol. The van der Waals surface area contributed by atoms with Crippen LogP contribution in [0.15, 0.2) is 15.5 Å². The van der Waals surface area contributed by atoms with Crippen LogP contribution in [0.25, 0.3) is 0 Å². The van der Waals surface area contributed by atoms with Crippen LogP contribution in [0.3, 0.4) is 0 Å². The van der Waals surface area contributed by atoms with E-state index in [0.29, 0.717) is 29.2 Å². The first kappa shape index (κ1) is 14.5. The summed E-state index contributed by atoms with van der Waals surface area (Å²) in [6.07, 6.45) is 5.33. The van der Waals surface area contributed by atoms with Crippen molar-refractivity contribution in [1.82, 2.24) is 9.78 Å². The average Bonchev–Trinajstić information content (AvgIpc) is 2.31. The molecule has 1 aliphatic carbocycles. The second-order valence-electron chi connectivity index (χ2n) is 5.86. The van der Waals surface area contributed by atoms with Gasteiger partial charge >= 0.3 is 0 Å². The molecule has 0 amide bonds. The molecule has 2 rings (SSSR count). The zero-order valence-electron chi connectivity index (χ0n) is 11.4. The predicted octanol–water partition coefficient (Wildman–Crippen LogP) is 1.96. The minimum atomic E-state index is -0.322. The number of halogens is 1. The van der Waals surface area contributed by atoms with Crippen LogP contribution < -0.4 is 16.6 Å². The van der Waals surface area contributed by atoms with Gasteiger partial charge < -0.3 is 11.1 Å². The highest BCUT2D eigenvalue weighted by molar-refractivity contribution is 9.10. The van der Waals surface area contributed by atoms with Gasteiger partial charge in [-0.05, 0) is 48.5 Å². The van der Waals surface area contributed by atoms with Crippen LogP contribution >= 0.6 is 15.9 Å². The van der Waals surface area contributed by atoms with Gasteiger partial charge in [0, 0.05) is 18.6 Å². The van der Waals surface area contributed by atoms with E-state index in [1.54, 1.807) is 10.9 Å². The molecule has 5 nitrogen and oxygen atoms in total. The van der Waals surface area contributed by atoms with Gasteiger partial charge in [-0.3, -0.25) is 4.79 Å². The van der Waals surface area contributed by atoms with Crippen molar-refractivity contribution in [2.24, 2.45) is 11.7 Å². The van der Waals surface area contributed by atoms with Gasteiger partial charge in [0.15, 0.2) is 0 Å². The molecule has 0 bridgehead atoms. The predicted molar refractivity (Wildman–Crippen MR) is 80.3 cm³/mol. The average molecular weight is 329 g/mol. The first-order valence-corrected chi connectivity index (χ1v) is 7.46. The summed E-state index contributed by atoms with van der Waals surface area (Å²) in [4.78, 5) is 12.4. The quantitative estimate of drug-likeness (QED) is 0.866. The number of anilines is 1. The molecule has 0 unspecified atom stereocenters. The van der Waals surface area contributed by atoms with Gasteiger partial charge in [0.2, 0.25) is 0 Å². The summed E-state index contributed by atoms with van der Waals surface area (Å²) in [5.41, 5.74) is 5.84. The molecule has 1 fully saturated rings. The molecule has 1 heterocycles. The molecule has 6 heteroatoms. The standard InChI is InChI=1S/C13H21BrN4O/c1-13(2,8-15)17-11-10(14)6-16-18(12(11)19)7-9-4-3-5-9/h6,9,17H,3-5,7-8,15H2,1-2H3. The van der Waals surface area contributed by atoms with Gasteiger partial charge in [0.25, 0.3) is 5.56 Å². The van der Waals surface area contributed by atoms with E-state index < -0.39 is 0 Å². The Morgan fingerprint density at radius 3 is 2.79 bits per heavy atom. The third kappa shape index (κ3) is 3.36. The minimum Gasteiger partial charge on any atom is -0.373 e. The number of hydrogen-bond donors (Lipinski definition) is 2. The molecule has 3 N–H and O–H groups in total. The Labute approximate surface area is 121 Å². The Hall–Kier alpha value is -0.880. The second-order valence-corrected chi connectivity index (χ2v) is 6.72. The van der Waals surface area contributed by atoms with Gasteiger partial charge in [0.1, 0.15) is 5.69 Å². The molecular formula is C13H21BrN4O. The van der Waals surface area contributed by atoms with Crippen LogP contribution in [0.1, 0.15) is 33.1 Å². The fraction of sp³-hybridized carbons (Fsp3) is 0.692. The molecule has 0 aromatic carbocycles. The van der Waals surface area contributed by atoms with Crippen LogP contribution in [0.2, 0.25) is 0 Å². The SMILES string of the molecule is CC(C)(CN)Nc1c(Br)cnn(CC2CCC2)c1=O. The summed E-state index contributed by atoms with van der Waals surface area (Å²) in [5.74, 6) is 0.599. The van der Waals surface area contributed by atoms with E-state index in [1.165, 1.54) is 19.3 Å². The van der Waals surface area contributed by atoms with Crippen molar-refractivity contribution in [1.29, 1.82) is 0 Å². The molecule has 1 aromatic heterocycles. The Kier molecular flexibility index (Phi) is 4.30. The number of aromatic nitrogens is 2. The summed E-state index contributed by atoms with van der Waals surface area (Å²) in [5, 5.41) is 7.41. The molecule has 1 saturated carbocycles. The van der Waals surface area contributed by atoms with Crippen molar-refractivity contribution < 1.29 is 0 Å². The smallest absolute Gasteiger partial charge is 0.291 e. The molecule has 106 valence electrons. The maximum absolute atomic E-state index is 12.4. The highest BCUT2D eigenvalue weighted by Crippen LogP contribution is 2.27. The first-order chi connectivity index (χ1) is 8.93. The lowest BCUT2D eigenvalue weighted by atomic mass is 9.85. The van der Waals surface area contributed by atoms with Crippen molar-refractivity contribution in [2.45, 2.75) is 45.2 Å². The van der Waals surface area contributed by atoms with Gasteiger partial charge in [-0.2, -0.15) is 5.10 Å². The molecule has 0 atom stereocenters. The second kappa shape index (κ2) is 5.63. The Morgan fingerprint density at radius 2 is 2.26 bits per heavy atom. The lowest BCUT2D eigenvalue weighted by molar-refractivity contribution is 0.261. The summed E-state index contributed by atoms with van der Waals surface area (Å²) >= 11 is 3.38. The Balaban J connectivity index is 2.26. The van der Waals surface area contributed by atoms with Crippen LogP contribution in [-0.2, 0) is 6.54 Å².